The Labute approximate surface area is 243 Å². The Kier molecular flexibility index (Phi) is 10.7. The van der Waals surface area contributed by atoms with Gasteiger partial charge in [-0.05, 0) is 48.5 Å². The maximum Gasteiger partial charge on any atom is 1.00 e. The van der Waals surface area contributed by atoms with Gasteiger partial charge in [-0.3, -0.25) is 18.9 Å². The molecule has 12 nitrogen and oxygen atoms in total. The molecular formula is C19H13N3Na2O9S2. The fourth-order valence-corrected chi connectivity index (χ4v) is 4.08. The van der Waals surface area contributed by atoms with Crippen LogP contribution in [0.5, 0.6) is 5.75 Å². The van der Waals surface area contributed by atoms with Crippen LogP contribution in [0, 0.1) is 0 Å². The Morgan fingerprint density at radius 1 is 0.971 bits per heavy atom. The van der Waals surface area contributed by atoms with Crippen molar-refractivity contribution in [3.05, 3.63) is 48.0 Å². The Hall–Kier alpha value is -1.72. The number of nitrogens with zero attached hydrogens (tertiary/aromatic N) is 3. The van der Waals surface area contributed by atoms with Gasteiger partial charge in [-0.15, -0.1) is 5.11 Å². The summed E-state index contributed by atoms with van der Waals surface area (Å²) in [6.07, 6.45) is 0.528. The van der Waals surface area contributed by atoms with Crippen molar-refractivity contribution in [1.29, 1.82) is 0 Å². The van der Waals surface area contributed by atoms with Crippen LogP contribution in [0.1, 0.15) is 17.3 Å². The molecule has 0 unspecified atom stereocenters. The minimum absolute atomic E-state index is 0. The minimum atomic E-state index is -5.07. The van der Waals surface area contributed by atoms with E-state index in [1.54, 1.807) is 0 Å². The van der Waals surface area contributed by atoms with Crippen LogP contribution in [0.3, 0.4) is 0 Å². The normalized spacial score (nSPS) is 12.3. The number of carbonyl (C=O) groups is 1. The zero-order valence-electron chi connectivity index (χ0n) is 18.5. The molecule has 0 saturated heterocycles. The first kappa shape index (κ1) is 31.3. The zero-order valence-corrected chi connectivity index (χ0v) is 24.2. The molecule has 16 heteroatoms. The van der Waals surface area contributed by atoms with E-state index in [2.05, 4.69) is 15.2 Å². The molecule has 0 radical (unpaired) electrons. The van der Waals surface area contributed by atoms with Crippen molar-refractivity contribution in [2.24, 2.45) is 15.2 Å². The molecule has 3 aromatic rings. The Balaban J connectivity index is 0.00000306. The summed E-state index contributed by atoms with van der Waals surface area (Å²) in [6, 6.07) is 7.88. The predicted octanol–water partition coefficient (Wildman–Crippen LogP) is -3.95. The number of hydrogen-bond donors (Lipinski definition) is 2. The van der Waals surface area contributed by atoms with Crippen LogP contribution in [0.15, 0.2) is 67.5 Å². The smallest absolute Gasteiger partial charge is 0.870 e. The van der Waals surface area contributed by atoms with E-state index >= 15 is 0 Å². The quantitative estimate of drug-likeness (QED) is 0.0784. The first-order chi connectivity index (χ1) is 15.3. The maximum atomic E-state index is 13.1. The predicted molar refractivity (Wildman–Crippen MR) is 112 cm³/mol. The summed E-state index contributed by atoms with van der Waals surface area (Å²) in [5, 5.41) is 31.3. The van der Waals surface area contributed by atoms with Crippen molar-refractivity contribution in [3.63, 3.8) is 0 Å². The standard InChI is InChI=1S/C19H15N3O9S2.2Na/c1-10(24)20-15-8-14(32(26,27)28)6-12-7-16(33(29,30)31)18(19(25)17(12)15)22-21-13-4-2-3-11(5-13)9-23;;/h2-9,25H,1H3,(H,20,24)(H,26,27,28)(H,29,30,31);;/q;2*+1/p-2. The van der Waals surface area contributed by atoms with Crippen molar-refractivity contribution in [3.8, 4) is 5.75 Å². The van der Waals surface area contributed by atoms with Crippen LogP contribution in [0.2, 0.25) is 0 Å². The van der Waals surface area contributed by atoms with Crippen LogP contribution in [-0.2, 0) is 20.2 Å². The summed E-state index contributed by atoms with van der Waals surface area (Å²) in [6.45, 7) is 1.02. The van der Waals surface area contributed by atoms with Crippen molar-refractivity contribution < 1.29 is 100 Å². The number of hydrogen-bond acceptors (Lipinski definition) is 10. The SMILES string of the molecule is CC([O-])=Nc1cc(S(=O)(=O)O)cc2cc(S(=O)(=O)O)c(N=Nc3cccc(C=O)c3)c([O-])c12.[Na+].[Na+]. The first-order valence-corrected chi connectivity index (χ1v) is 11.7. The Bertz CT molecular complexity index is 1570. The molecule has 0 aromatic heterocycles. The minimum Gasteiger partial charge on any atom is -0.870 e. The largest absolute Gasteiger partial charge is 1.00 e. The molecule has 0 aliphatic carbocycles. The summed E-state index contributed by atoms with van der Waals surface area (Å²) >= 11 is 0. The molecule has 0 amide bonds. The summed E-state index contributed by atoms with van der Waals surface area (Å²) < 4.78 is 66.0. The summed E-state index contributed by atoms with van der Waals surface area (Å²) in [5.74, 6) is -1.96. The van der Waals surface area contributed by atoms with E-state index in [0.29, 0.717) is 6.29 Å². The zero-order chi connectivity index (χ0) is 24.6. The third-order valence-electron chi connectivity index (χ3n) is 4.21. The molecule has 0 saturated carbocycles. The van der Waals surface area contributed by atoms with Crippen molar-refractivity contribution in [1.82, 2.24) is 0 Å². The third kappa shape index (κ3) is 7.39. The van der Waals surface area contributed by atoms with E-state index in [4.69, 9.17) is 0 Å². The molecule has 172 valence electrons. The maximum absolute atomic E-state index is 13.1. The third-order valence-corrected chi connectivity index (χ3v) is 5.91. The Morgan fingerprint density at radius 2 is 1.63 bits per heavy atom. The topological polar surface area (TPSA) is 209 Å². The number of benzene rings is 3. The van der Waals surface area contributed by atoms with Gasteiger partial charge < -0.3 is 10.2 Å². The number of azo groups is 1. The molecule has 0 spiro atoms. The molecule has 3 aromatic carbocycles. The average Bonchev–Trinajstić information content (AvgIpc) is 2.70. The molecular weight excluding hydrogens is 524 g/mol. The van der Waals surface area contributed by atoms with Gasteiger partial charge in [0, 0.05) is 10.9 Å². The molecule has 0 heterocycles. The summed E-state index contributed by atoms with van der Waals surface area (Å²) in [7, 11) is -9.90. The number of carbonyl (C=O) groups excluding carboxylic acids is 1. The van der Waals surface area contributed by atoms with Gasteiger partial charge in [-0.2, -0.15) is 21.9 Å². The molecule has 0 aliphatic rings. The second kappa shape index (κ2) is 12.0. The van der Waals surface area contributed by atoms with E-state index in [0.717, 1.165) is 25.1 Å². The van der Waals surface area contributed by atoms with Crippen LogP contribution >= 0.6 is 0 Å². The Morgan fingerprint density at radius 3 is 2.17 bits per heavy atom. The second-order valence-electron chi connectivity index (χ2n) is 6.59. The van der Waals surface area contributed by atoms with E-state index in [1.807, 2.05) is 0 Å². The van der Waals surface area contributed by atoms with Gasteiger partial charge in [0.05, 0.1) is 22.0 Å². The molecule has 0 atom stereocenters. The van der Waals surface area contributed by atoms with Crippen LogP contribution in [-0.4, -0.2) is 38.1 Å². The fourth-order valence-electron chi connectivity index (χ4n) is 2.89. The molecule has 2 N–H and O–H groups in total. The first-order valence-electron chi connectivity index (χ1n) is 8.77. The van der Waals surface area contributed by atoms with Gasteiger partial charge in [0.2, 0.25) is 0 Å². The molecule has 0 aliphatic heterocycles. The van der Waals surface area contributed by atoms with Gasteiger partial charge >= 0.3 is 59.1 Å². The van der Waals surface area contributed by atoms with Gasteiger partial charge in [0.15, 0.2) is 0 Å². The number of fused-ring (bicyclic) bond motifs is 1. The second-order valence-corrected chi connectivity index (χ2v) is 9.40. The van der Waals surface area contributed by atoms with E-state index < -0.39 is 58.4 Å². The monoisotopic (exact) mass is 537 g/mol. The number of aliphatic imine (C=N–C) groups is 1. The van der Waals surface area contributed by atoms with Gasteiger partial charge in [-0.1, -0.05) is 17.9 Å². The molecule has 3 rings (SSSR count). The number of rotatable bonds is 6. The van der Waals surface area contributed by atoms with E-state index in [9.17, 15) is 40.9 Å². The van der Waals surface area contributed by atoms with Crippen molar-refractivity contribution in [2.75, 3.05) is 0 Å². The van der Waals surface area contributed by atoms with Crippen molar-refractivity contribution in [2.45, 2.75) is 16.7 Å². The van der Waals surface area contributed by atoms with Gasteiger partial charge in [0.25, 0.3) is 20.2 Å². The van der Waals surface area contributed by atoms with Gasteiger partial charge in [0.1, 0.15) is 11.2 Å². The average molecular weight is 537 g/mol. The van der Waals surface area contributed by atoms with Crippen LogP contribution < -0.4 is 69.3 Å². The fraction of sp³-hybridized carbons (Fsp3) is 0.0526. The summed E-state index contributed by atoms with van der Waals surface area (Å²) in [4.78, 5) is 12.7. The summed E-state index contributed by atoms with van der Waals surface area (Å²) in [5.41, 5.74) is -1.02. The van der Waals surface area contributed by atoms with E-state index in [1.165, 1.54) is 24.3 Å². The molecule has 0 fully saturated rings. The van der Waals surface area contributed by atoms with Crippen LogP contribution in [0.25, 0.3) is 10.8 Å². The molecule has 35 heavy (non-hydrogen) atoms. The van der Waals surface area contributed by atoms with Gasteiger partial charge in [-0.25, -0.2) is 0 Å². The van der Waals surface area contributed by atoms with E-state index in [-0.39, 0.29) is 75.8 Å². The number of aldehydes is 1. The molecule has 0 bridgehead atoms. The van der Waals surface area contributed by atoms with Crippen molar-refractivity contribution >= 4 is 60.3 Å². The van der Waals surface area contributed by atoms with Crippen LogP contribution in [0.4, 0.5) is 17.1 Å².